The van der Waals surface area contributed by atoms with E-state index in [2.05, 4.69) is 25.5 Å². The highest BCUT2D eigenvalue weighted by Gasteiger charge is 2.12. The first-order valence-electron chi connectivity index (χ1n) is 10.8. The van der Waals surface area contributed by atoms with Crippen LogP contribution in [0.3, 0.4) is 0 Å². The first kappa shape index (κ1) is 21.6. The second-order valence-corrected chi connectivity index (χ2v) is 7.87. The molecule has 8 nitrogen and oxygen atoms in total. The van der Waals surface area contributed by atoms with Crippen LogP contribution in [0.25, 0.3) is 0 Å². The molecule has 0 spiro atoms. The zero-order valence-corrected chi connectivity index (χ0v) is 18.2. The number of likely N-dealkylation sites (tertiary alicyclic amines) is 1. The third kappa shape index (κ3) is 5.73. The molecule has 3 aromatic rings. The van der Waals surface area contributed by atoms with E-state index in [1.165, 1.54) is 12.8 Å². The number of benzene rings is 2. The van der Waals surface area contributed by atoms with Crippen LogP contribution in [0.15, 0.2) is 54.9 Å². The summed E-state index contributed by atoms with van der Waals surface area (Å²) in [5.74, 6) is 0.978. The third-order valence-corrected chi connectivity index (χ3v) is 5.38. The second kappa shape index (κ2) is 10.1. The van der Waals surface area contributed by atoms with Gasteiger partial charge in [-0.3, -0.25) is 9.69 Å². The van der Waals surface area contributed by atoms with Crippen molar-refractivity contribution < 1.29 is 9.53 Å². The fourth-order valence-electron chi connectivity index (χ4n) is 3.63. The number of nitrogens with two attached hydrogens (primary N) is 1. The van der Waals surface area contributed by atoms with Gasteiger partial charge < -0.3 is 21.1 Å². The van der Waals surface area contributed by atoms with Crippen molar-refractivity contribution in [1.82, 2.24) is 14.9 Å². The number of hydrogen-bond donors (Lipinski definition) is 3. The molecule has 166 valence electrons. The summed E-state index contributed by atoms with van der Waals surface area (Å²) in [6.07, 6.45) is 5.68. The maximum atomic E-state index is 12.5. The van der Waals surface area contributed by atoms with Gasteiger partial charge in [-0.2, -0.15) is 0 Å². The van der Waals surface area contributed by atoms with Crippen molar-refractivity contribution in [3.8, 4) is 5.75 Å². The van der Waals surface area contributed by atoms with Gasteiger partial charge in [-0.05, 0) is 62.7 Å². The van der Waals surface area contributed by atoms with Crippen LogP contribution in [0.5, 0.6) is 5.75 Å². The highest BCUT2D eigenvalue weighted by atomic mass is 16.5. The summed E-state index contributed by atoms with van der Waals surface area (Å²) >= 11 is 0. The molecular weight excluding hydrogens is 404 g/mol. The van der Waals surface area contributed by atoms with Gasteiger partial charge in [0.15, 0.2) is 0 Å². The van der Waals surface area contributed by atoms with E-state index < -0.39 is 0 Å². The minimum Gasteiger partial charge on any atom is -0.492 e. The van der Waals surface area contributed by atoms with Gasteiger partial charge in [-0.1, -0.05) is 12.1 Å². The number of amides is 1. The van der Waals surface area contributed by atoms with Crippen LogP contribution in [0.2, 0.25) is 0 Å². The maximum Gasteiger partial charge on any atom is 0.256 e. The van der Waals surface area contributed by atoms with Crippen molar-refractivity contribution >= 4 is 28.9 Å². The molecule has 0 bridgehead atoms. The Morgan fingerprint density at radius 3 is 2.66 bits per heavy atom. The van der Waals surface area contributed by atoms with Crippen LogP contribution in [-0.4, -0.2) is 47.0 Å². The molecule has 4 rings (SSSR count). The zero-order valence-electron chi connectivity index (χ0n) is 18.2. The Morgan fingerprint density at radius 2 is 1.88 bits per heavy atom. The largest absolute Gasteiger partial charge is 0.492 e. The molecule has 1 saturated heterocycles. The standard InChI is InChI=1S/C24H28N6O2/c1-17-7-8-18(25)13-22(17)23(31)28-20-15-26-24(27-16-20)29-19-5-4-6-21(14-19)32-12-11-30-9-2-3-10-30/h4-8,13-16H,2-3,9-12,25H2,1H3,(H,28,31)(H,26,27,29). The summed E-state index contributed by atoms with van der Waals surface area (Å²) in [7, 11) is 0. The SMILES string of the molecule is Cc1ccc(N)cc1C(=O)Nc1cnc(Nc2cccc(OCCN3CCCC3)c2)nc1. The number of aromatic nitrogens is 2. The van der Waals surface area contributed by atoms with Crippen molar-refractivity contribution in [2.75, 3.05) is 42.6 Å². The van der Waals surface area contributed by atoms with Crippen molar-refractivity contribution in [2.24, 2.45) is 0 Å². The molecule has 1 aromatic heterocycles. The zero-order chi connectivity index (χ0) is 22.3. The van der Waals surface area contributed by atoms with Gasteiger partial charge >= 0.3 is 0 Å². The Balaban J connectivity index is 1.32. The predicted molar refractivity (Wildman–Crippen MR) is 126 cm³/mol. The molecule has 1 amide bonds. The van der Waals surface area contributed by atoms with Crippen molar-refractivity contribution in [3.63, 3.8) is 0 Å². The molecule has 4 N–H and O–H groups in total. The number of anilines is 4. The van der Waals surface area contributed by atoms with Crippen molar-refractivity contribution in [3.05, 3.63) is 66.0 Å². The second-order valence-electron chi connectivity index (χ2n) is 7.87. The first-order chi connectivity index (χ1) is 15.6. The van der Waals surface area contributed by atoms with Gasteiger partial charge in [-0.15, -0.1) is 0 Å². The number of carbonyl (C=O) groups is 1. The number of nitrogens with zero attached hydrogens (tertiary/aromatic N) is 3. The molecule has 8 heteroatoms. The van der Waals surface area contributed by atoms with E-state index in [9.17, 15) is 4.79 Å². The Labute approximate surface area is 187 Å². The molecule has 0 saturated carbocycles. The number of nitrogen functional groups attached to an aromatic ring is 1. The van der Waals surface area contributed by atoms with E-state index in [-0.39, 0.29) is 5.91 Å². The fraction of sp³-hybridized carbons (Fsp3) is 0.292. The molecule has 2 heterocycles. The molecule has 1 aliphatic rings. The smallest absolute Gasteiger partial charge is 0.256 e. The Morgan fingerprint density at radius 1 is 1.09 bits per heavy atom. The number of hydrogen-bond acceptors (Lipinski definition) is 7. The number of nitrogens with one attached hydrogen (secondary N) is 2. The topological polar surface area (TPSA) is 105 Å². The Hall–Kier alpha value is -3.65. The minimum atomic E-state index is -0.252. The van der Waals surface area contributed by atoms with Crippen LogP contribution in [-0.2, 0) is 0 Å². The van der Waals surface area contributed by atoms with Crippen LogP contribution in [0.1, 0.15) is 28.8 Å². The molecule has 32 heavy (non-hydrogen) atoms. The average Bonchev–Trinajstić information content (AvgIpc) is 3.31. The maximum absolute atomic E-state index is 12.5. The van der Waals surface area contributed by atoms with Gasteiger partial charge in [0.05, 0.1) is 18.1 Å². The van der Waals surface area contributed by atoms with E-state index in [4.69, 9.17) is 10.5 Å². The van der Waals surface area contributed by atoms with Gasteiger partial charge in [-0.25, -0.2) is 9.97 Å². The molecule has 2 aromatic carbocycles. The Bertz CT molecular complexity index is 1060. The van der Waals surface area contributed by atoms with E-state index in [0.29, 0.717) is 29.5 Å². The highest BCUT2D eigenvalue weighted by Crippen LogP contribution is 2.21. The molecule has 1 aliphatic heterocycles. The third-order valence-electron chi connectivity index (χ3n) is 5.38. The number of ether oxygens (including phenoxy) is 1. The predicted octanol–water partition coefficient (Wildman–Crippen LogP) is 3.84. The summed E-state index contributed by atoms with van der Waals surface area (Å²) in [4.78, 5) is 23.5. The van der Waals surface area contributed by atoms with E-state index >= 15 is 0 Å². The monoisotopic (exact) mass is 432 g/mol. The first-order valence-corrected chi connectivity index (χ1v) is 10.8. The van der Waals surface area contributed by atoms with E-state index in [1.54, 1.807) is 24.5 Å². The lowest BCUT2D eigenvalue weighted by Gasteiger charge is -2.15. The van der Waals surface area contributed by atoms with Crippen LogP contribution in [0, 0.1) is 6.92 Å². The van der Waals surface area contributed by atoms with E-state index in [0.717, 1.165) is 36.6 Å². The lowest BCUT2D eigenvalue weighted by Crippen LogP contribution is -2.25. The highest BCUT2D eigenvalue weighted by molar-refractivity contribution is 6.05. The summed E-state index contributed by atoms with van der Waals surface area (Å²) in [5.41, 5.74) is 9.03. The minimum absolute atomic E-state index is 0.252. The molecule has 1 fully saturated rings. The number of aryl methyl sites for hydroxylation is 1. The summed E-state index contributed by atoms with van der Waals surface area (Å²) in [6.45, 7) is 5.81. The van der Waals surface area contributed by atoms with Gasteiger partial charge in [0.2, 0.25) is 5.95 Å². The van der Waals surface area contributed by atoms with Gasteiger partial charge in [0.25, 0.3) is 5.91 Å². The van der Waals surface area contributed by atoms with Crippen molar-refractivity contribution in [2.45, 2.75) is 19.8 Å². The Kier molecular flexibility index (Phi) is 6.81. The molecule has 0 unspecified atom stereocenters. The summed E-state index contributed by atoms with van der Waals surface area (Å²) < 4.78 is 5.89. The normalized spacial score (nSPS) is 13.7. The molecular formula is C24H28N6O2. The summed E-state index contributed by atoms with van der Waals surface area (Å²) in [6, 6.07) is 13.0. The number of carbonyl (C=O) groups excluding carboxylic acids is 1. The lowest BCUT2D eigenvalue weighted by molar-refractivity contribution is 0.102. The van der Waals surface area contributed by atoms with Gasteiger partial charge in [0, 0.05) is 29.5 Å². The van der Waals surface area contributed by atoms with Crippen molar-refractivity contribution in [1.29, 1.82) is 0 Å². The quantitative estimate of drug-likeness (QED) is 0.465. The van der Waals surface area contributed by atoms with Gasteiger partial charge in [0.1, 0.15) is 12.4 Å². The lowest BCUT2D eigenvalue weighted by atomic mass is 10.1. The van der Waals surface area contributed by atoms with Crippen LogP contribution < -0.4 is 21.1 Å². The van der Waals surface area contributed by atoms with Crippen LogP contribution in [0.4, 0.5) is 23.0 Å². The molecule has 0 radical (unpaired) electrons. The number of rotatable bonds is 8. The average molecular weight is 433 g/mol. The molecule has 0 atom stereocenters. The summed E-state index contributed by atoms with van der Waals surface area (Å²) in [5, 5.41) is 5.96. The van der Waals surface area contributed by atoms with Crippen LogP contribution >= 0.6 is 0 Å². The molecule has 0 aliphatic carbocycles. The van der Waals surface area contributed by atoms with E-state index in [1.807, 2.05) is 37.3 Å². The fourth-order valence-corrected chi connectivity index (χ4v) is 3.63.